The van der Waals surface area contributed by atoms with Crippen LogP contribution in [0.3, 0.4) is 0 Å². The number of carbonyl (C=O) groups is 1. The molecule has 1 amide bonds. The molecule has 0 aromatic rings. The van der Waals surface area contributed by atoms with Crippen molar-refractivity contribution in [1.29, 1.82) is 0 Å². The van der Waals surface area contributed by atoms with Gasteiger partial charge in [0.05, 0.1) is 10.4 Å². The van der Waals surface area contributed by atoms with Crippen molar-refractivity contribution in [1.82, 2.24) is 10.2 Å². The van der Waals surface area contributed by atoms with Gasteiger partial charge >= 0.3 is 0 Å². The summed E-state index contributed by atoms with van der Waals surface area (Å²) in [7, 11) is 2.17. The number of nitrogens with one attached hydrogen (secondary N) is 1. The van der Waals surface area contributed by atoms with E-state index in [0.29, 0.717) is 4.99 Å². The molecule has 0 spiro atoms. The number of rotatable bonds is 5. The molecule has 2 rings (SSSR count). The van der Waals surface area contributed by atoms with Crippen LogP contribution in [0.4, 0.5) is 0 Å². The molecule has 0 atom stereocenters. The second-order valence-corrected chi connectivity index (χ2v) is 6.53. The van der Waals surface area contributed by atoms with E-state index in [-0.39, 0.29) is 5.91 Å². The van der Waals surface area contributed by atoms with Crippen molar-refractivity contribution in [3.63, 3.8) is 0 Å². The van der Waals surface area contributed by atoms with Crippen LogP contribution in [0.25, 0.3) is 0 Å². The predicted molar refractivity (Wildman–Crippen MR) is 80.9 cm³/mol. The van der Waals surface area contributed by atoms with Gasteiger partial charge in [0.1, 0.15) is 0 Å². The van der Waals surface area contributed by atoms with E-state index < -0.39 is 5.41 Å². The highest BCUT2D eigenvalue weighted by molar-refractivity contribution is 7.80. The second kappa shape index (κ2) is 6.18. The van der Waals surface area contributed by atoms with Crippen molar-refractivity contribution in [2.45, 2.75) is 38.5 Å². The van der Waals surface area contributed by atoms with E-state index in [2.05, 4.69) is 17.3 Å². The molecule has 108 valence electrons. The smallest absolute Gasteiger partial charge is 0.233 e. The van der Waals surface area contributed by atoms with E-state index in [1.165, 1.54) is 25.9 Å². The molecule has 0 radical (unpaired) electrons. The van der Waals surface area contributed by atoms with Crippen molar-refractivity contribution >= 4 is 23.1 Å². The summed E-state index contributed by atoms with van der Waals surface area (Å²) in [6.45, 7) is 3.11. The van der Waals surface area contributed by atoms with Gasteiger partial charge in [0.25, 0.3) is 0 Å². The maximum absolute atomic E-state index is 12.2. The van der Waals surface area contributed by atoms with Crippen LogP contribution < -0.4 is 11.1 Å². The lowest BCUT2D eigenvalue weighted by Crippen LogP contribution is -2.53. The number of carbonyl (C=O) groups excluding carboxylic acids is 1. The second-order valence-electron chi connectivity index (χ2n) is 6.09. The third-order valence-electron chi connectivity index (χ3n) is 4.79. The SMILES string of the molecule is CN1CCC(CCNC(=O)C2(C(N)=S)CCC2)CC1. The van der Waals surface area contributed by atoms with E-state index in [0.717, 1.165) is 38.1 Å². The first-order valence-electron chi connectivity index (χ1n) is 7.31. The zero-order chi connectivity index (χ0) is 13.9. The van der Waals surface area contributed by atoms with Gasteiger partial charge in [-0.25, -0.2) is 0 Å². The minimum absolute atomic E-state index is 0.0548. The molecule has 3 N–H and O–H groups in total. The fraction of sp³-hybridized carbons (Fsp3) is 0.857. The quantitative estimate of drug-likeness (QED) is 0.747. The normalized spacial score (nSPS) is 23.6. The lowest BCUT2D eigenvalue weighted by atomic mass is 9.68. The summed E-state index contributed by atoms with van der Waals surface area (Å²) in [5.41, 5.74) is 5.20. The Morgan fingerprint density at radius 2 is 2.05 bits per heavy atom. The molecule has 19 heavy (non-hydrogen) atoms. The minimum Gasteiger partial charge on any atom is -0.392 e. The summed E-state index contributed by atoms with van der Waals surface area (Å²) in [5.74, 6) is 0.804. The Labute approximate surface area is 121 Å². The highest BCUT2D eigenvalue weighted by atomic mass is 32.1. The lowest BCUT2D eigenvalue weighted by molar-refractivity contribution is -0.130. The first kappa shape index (κ1) is 14.7. The molecule has 1 aliphatic carbocycles. The van der Waals surface area contributed by atoms with Crippen LogP contribution in [0, 0.1) is 11.3 Å². The molecule has 1 saturated heterocycles. The number of thiocarbonyl (C=S) groups is 1. The fourth-order valence-electron chi connectivity index (χ4n) is 3.03. The third kappa shape index (κ3) is 3.26. The molecule has 1 saturated carbocycles. The largest absolute Gasteiger partial charge is 0.392 e. The Hall–Kier alpha value is -0.680. The topological polar surface area (TPSA) is 58.4 Å². The standard InChI is InChI=1S/C14H25N3OS/c1-17-9-4-11(5-10-17)3-8-16-13(18)14(12(15)19)6-2-7-14/h11H,2-10H2,1H3,(H2,15,19)(H,16,18). The molecule has 2 fully saturated rings. The van der Waals surface area contributed by atoms with Gasteiger partial charge in [-0.2, -0.15) is 0 Å². The molecule has 0 unspecified atom stereocenters. The molecule has 0 aromatic heterocycles. The molecule has 1 heterocycles. The minimum atomic E-state index is -0.526. The molecule has 2 aliphatic rings. The maximum atomic E-state index is 12.2. The molecule has 0 aromatic carbocycles. The Kier molecular flexibility index (Phi) is 4.79. The van der Waals surface area contributed by atoms with E-state index in [4.69, 9.17) is 18.0 Å². The number of nitrogens with zero attached hydrogens (tertiary/aromatic N) is 1. The molecule has 4 nitrogen and oxygen atoms in total. The van der Waals surface area contributed by atoms with Crippen LogP contribution in [0.1, 0.15) is 38.5 Å². The number of hydrogen-bond acceptors (Lipinski definition) is 3. The monoisotopic (exact) mass is 283 g/mol. The van der Waals surface area contributed by atoms with Crippen molar-refractivity contribution in [3.8, 4) is 0 Å². The summed E-state index contributed by atoms with van der Waals surface area (Å²) in [6.07, 6.45) is 6.26. The van der Waals surface area contributed by atoms with Crippen molar-refractivity contribution < 1.29 is 4.79 Å². The fourth-order valence-corrected chi connectivity index (χ4v) is 3.32. The van der Waals surface area contributed by atoms with Crippen molar-refractivity contribution in [3.05, 3.63) is 0 Å². The summed E-state index contributed by atoms with van der Waals surface area (Å²) >= 11 is 5.06. The van der Waals surface area contributed by atoms with Gasteiger partial charge in [0, 0.05) is 6.54 Å². The first-order valence-corrected chi connectivity index (χ1v) is 7.72. The van der Waals surface area contributed by atoms with Crippen LogP contribution in [-0.2, 0) is 4.79 Å². The number of hydrogen-bond donors (Lipinski definition) is 2. The van der Waals surface area contributed by atoms with Crippen molar-refractivity contribution in [2.75, 3.05) is 26.7 Å². The van der Waals surface area contributed by atoms with Gasteiger partial charge in [0.15, 0.2) is 0 Å². The summed E-state index contributed by atoms with van der Waals surface area (Å²) in [4.78, 5) is 14.9. The van der Waals surface area contributed by atoms with E-state index in [1.807, 2.05) is 0 Å². The molecular weight excluding hydrogens is 258 g/mol. The van der Waals surface area contributed by atoms with Crippen molar-refractivity contribution in [2.24, 2.45) is 17.1 Å². The number of nitrogens with two attached hydrogens (primary N) is 1. The van der Waals surface area contributed by atoms with Gasteiger partial charge < -0.3 is 16.0 Å². The van der Waals surface area contributed by atoms with Gasteiger partial charge in [0.2, 0.25) is 5.91 Å². The Balaban J connectivity index is 1.71. The predicted octanol–water partition coefficient (Wildman–Crippen LogP) is 1.29. The highest BCUT2D eigenvalue weighted by Crippen LogP contribution is 2.41. The first-order chi connectivity index (χ1) is 9.04. The van der Waals surface area contributed by atoms with Crippen LogP contribution >= 0.6 is 12.2 Å². The van der Waals surface area contributed by atoms with E-state index >= 15 is 0 Å². The van der Waals surface area contributed by atoms with Crippen LogP contribution in [0.2, 0.25) is 0 Å². The van der Waals surface area contributed by atoms with Gasteiger partial charge in [-0.3, -0.25) is 4.79 Å². The summed E-state index contributed by atoms with van der Waals surface area (Å²) < 4.78 is 0. The van der Waals surface area contributed by atoms with Gasteiger partial charge in [-0.05, 0) is 58.2 Å². The van der Waals surface area contributed by atoms with Gasteiger partial charge in [-0.1, -0.05) is 18.6 Å². The van der Waals surface area contributed by atoms with E-state index in [9.17, 15) is 4.79 Å². The third-order valence-corrected chi connectivity index (χ3v) is 5.18. The maximum Gasteiger partial charge on any atom is 0.233 e. The summed E-state index contributed by atoms with van der Waals surface area (Å²) in [6, 6.07) is 0. The average molecular weight is 283 g/mol. The van der Waals surface area contributed by atoms with Crippen LogP contribution in [0.15, 0.2) is 0 Å². The van der Waals surface area contributed by atoms with Gasteiger partial charge in [-0.15, -0.1) is 0 Å². The molecule has 1 aliphatic heterocycles. The number of piperidine rings is 1. The number of likely N-dealkylation sites (tertiary alicyclic amines) is 1. The van der Waals surface area contributed by atoms with E-state index in [1.54, 1.807) is 0 Å². The Morgan fingerprint density at radius 1 is 1.42 bits per heavy atom. The molecule has 0 bridgehead atoms. The lowest BCUT2D eigenvalue weighted by Gasteiger charge is -2.39. The zero-order valence-corrected chi connectivity index (χ0v) is 12.6. The van der Waals surface area contributed by atoms with Crippen LogP contribution in [-0.4, -0.2) is 42.5 Å². The Bertz CT molecular complexity index is 347. The highest BCUT2D eigenvalue weighted by Gasteiger charge is 2.46. The Morgan fingerprint density at radius 3 is 2.53 bits per heavy atom. The molecule has 5 heteroatoms. The average Bonchev–Trinajstić information content (AvgIpc) is 2.29. The van der Waals surface area contributed by atoms with Crippen LogP contribution in [0.5, 0.6) is 0 Å². The zero-order valence-electron chi connectivity index (χ0n) is 11.8. The summed E-state index contributed by atoms with van der Waals surface area (Å²) in [5, 5.41) is 3.05. The molecular formula is C14H25N3OS. The number of amides is 1.